The molecule has 2 heterocycles. The Balaban J connectivity index is 1.92. The van der Waals surface area contributed by atoms with Crippen molar-refractivity contribution in [1.82, 2.24) is 24.9 Å². The Kier molecular flexibility index (Phi) is 4.67. The van der Waals surface area contributed by atoms with Gasteiger partial charge in [0.15, 0.2) is 0 Å². The van der Waals surface area contributed by atoms with Crippen LogP contribution in [0.2, 0.25) is 10.0 Å². The van der Waals surface area contributed by atoms with Gasteiger partial charge in [-0.15, -0.1) is 0 Å². The summed E-state index contributed by atoms with van der Waals surface area (Å²) in [6.07, 6.45) is 3.25. The highest BCUT2D eigenvalue weighted by Gasteiger charge is 2.11. The van der Waals surface area contributed by atoms with E-state index < -0.39 is 0 Å². The fraction of sp³-hybridized carbons (Fsp3) is 0.417. The summed E-state index contributed by atoms with van der Waals surface area (Å²) in [4.78, 5) is 11.8. The van der Waals surface area contributed by atoms with Gasteiger partial charge in [-0.25, -0.2) is 0 Å². The number of carbonyl (C=O) groups is 1. The van der Waals surface area contributed by atoms with E-state index in [1.165, 1.54) is 6.20 Å². The SMILES string of the molecule is CCn1cc(Cl)c(CNC(=O)Cn2ncc(Cl)c2C)n1. The molecule has 2 rings (SSSR count). The van der Waals surface area contributed by atoms with Gasteiger partial charge in [-0.05, 0) is 13.8 Å². The molecule has 1 amide bonds. The van der Waals surface area contributed by atoms with E-state index >= 15 is 0 Å². The summed E-state index contributed by atoms with van der Waals surface area (Å²) in [6.45, 7) is 4.92. The van der Waals surface area contributed by atoms with Gasteiger partial charge in [0.1, 0.15) is 12.2 Å². The average Bonchev–Trinajstić information content (AvgIpc) is 2.94. The van der Waals surface area contributed by atoms with Crippen LogP contribution in [-0.4, -0.2) is 25.5 Å². The molecular formula is C12H15Cl2N5O. The highest BCUT2D eigenvalue weighted by molar-refractivity contribution is 6.31. The molecule has 0 aliphatic carbocycles. The highest BCUT2D eigenvalue weighted by atomic mass is 35.5. The van der Waals surface area contributed by atoms with Crippen LogP contribution in [0.3, 0.4) is 0 Å². The van der Waals surface area contributed by atoms with Crippen molar-refractivity contribution in [3.63, 3.8) is 0 Å². The van der Waals surface area contributed by atoms with Crippen LogP contribution in [0.5, 0.6) is 0 Å². The fourth-order valence-electron chi connectivity index (χ4n) is 1.68. The van der Waals surface area contributed by atoms with Crippen molar-refractivity contribution < 1.29 is 4.79 Å². The molecular weight excluding hydrogens is 301 g/mol. The minimum absolute atomic E-state index is 0.116. The van der Waals surface area contributed by atoms with Gasteiger partial charge in [0.25, 0.3) is 0 Å². The van der Waals surface area contributed by atoms with Crippen LogP contribution in [0.4, 0.5) is 0 Å². The van der Waals surface area contributed by atoms with Crippen molar-refractivity contribution in [2.45, 2.75) is 33.5 Å². The second kappa shape index (κ2) is 6.28. The first-order valence-corrected chi connectivity index (χ1v) is 6.93. The van der Waals surface area contributed by atoms with E-state index in [-0.39, 0.29) is 12.5 Å². The zero-order valence-electron chi connectivity index (χ0n) is 11.2. The van der Waals surface area contributed by atoms with Crippen LogP contribution >= 0.6 is 23.2 Å². The predicted octanol–water partition coefficient (Wildman–Crippen LogP) is 2.03. The van der Waals surface area contributed by atoms with Gasteiger partial charge < -0.3 is 5.32 Å². The van der Waals surface area contributed by atoms with Crippen molar-refractivity contribution in [1.29, 1.82) is 0 Å². The zero-order valence-corrected chi connectivity index (χ0v) is 12.7. The van der Waals surface area contributed by atoms with E-state index in [2.05, 4.69) is 15.5 Å². The number of nitrogens with zero attached hydrogens (tertiary/aromatic N) is 4. The second-order valence-corrected chi connectivity index (χ2v) is 5.11. The molecule has 0 unspecified atom stereocenters. The molecule has 20 heavy (non-hydrogen) atoms. The number of halogens is 2. The molecule has 108 valence electrons. The summed E-state index contributed by atoms with van der Waals surface area (Å²) in [5.74, 6) is -0.171. The van der Waals surface area contributed by atoms with Gasteiger partial charge >= 0.3 is 0 Å². The Morgan fingerprint density at radius 2 is 2.15 bits per heavy atom. The van der Waals surface area contributed by atoms with E-state index in [1.807, 2.05) is 13.8 Å². The highest BCUT2D eigenvalue weighted by Crippen LogP contribution is 2.14. The van der Waals surface area contributed by atoms with Gasteiger partial charge in [-0.1, -0.05) is 23.2 Å². The van der Waals surface area contributed by atoms with E-state index in [0.717, 1.165) is 12.2 Å². The minimum Gasteiger partial charge on any atom is -0.349 e. The molecule has 0 spiro atoms. The monoisotopic (exact) mass is 315 g/mol. The lowest BCUT2D eigenvalue weighted by Crippen LogP contribution is -2.28. The summed E-state index contributed by atoms with van der Waals surface area (Å²) in [7, 11) is 0. The third-order valence-corrected chi connectivity index (χ3v) is 3.59. The molecule has 8 heteroatoms. The molecule has 0 aromatic carbocycles. The van der Waals surface area contributed by atoms with Crippen LogP contribution in [0.1, 0.15) is 18.3 Å². The van der Waals surface area contributed by atoms with Crippen molar-refractivity contribution in [3.05, 3.63) is 33.8 Å². The van der Waals surface area contributed by atoms with E-state index in [9.17, 15) is 4.79 Å². The Labute approximate surface area is 126 Å². The topological polar surface area (TPSA) is 64.7 Å². The summed E-state index contributed by atoms with van der Waals surface area (Å²) < 4.78 is 3.27. The quantitative estimate of drug-likeness (QED) is 0.918. The molecule has 0 saturated carbocycles. The van der Waals surface area contributed by atoms with Crippen LogP contribution < -0.4 is 5.32 Å². The molecule has 6 nitrogen and oxygen atoms in total. The maximum absolute atomic E-state index is 11.8. The minimum atomic E-state index is -0.171. The number of nitrogens with one attached hydrogen (secondary N) is 1. The predicted molar refractivity (Wildman–Crippen MR) is 76.7 cm³/mol. The van der Waals surface area contributed by atoms with E-state index in [0.29, 0.717) is 22.3 Å². The van der Waals surface area contributed by atoms with Gasteiger partial charge in [0.2, 0.25) is 5.91 Å². The number of hydrogen-bond acceptors (Lipinski definition) is 3. The van der Waals surface area contributed by atoms with Gasteiger partial charge in [-0.2, -0.15) is 10.2 Å². The lowest BCUT2D eigenvalue weighted by Gasteiger charge is -2.05. The first-order valence-electron chi connectivity index (χ1n) is 6.17. The normalized spacial score (nSPS) is 10.8. The van der Waals surface area contributed by atoms with E-state index in [1.54, 1.807) is 15.6 Å². The molecule has 1 N–H and O–H groups in total. The summed E-state index contributed by atoms with van der Waals surface area (Å²) in [5, 5.41) is 12.1. The van der Waals surface area contributed by atoms with Crippen molar-refractivity contribution in [3.8, 4) is 0 Å². The number of aromatic nitrogens is 4. The van der Waals surface area contributed by atoms with Gasteiger partial charge in [-0.3, -0.25) is 14.2 Å². The van der Waals surface area contributed by atoms with Crippen molar-refractivity contribution in [2.75, 3.05) is 0 Å². The maximum atomic E-state index is 11.8. The first-order chi connectivity index (χ1) is 9.51. The lowest BCUT2D eigenvalue weighted by molar-refractivity contribution is -0.122. The van der Waals surface area contributed by atoms with Crippen molar-refractivity contribution in [2.24, 2.45) is 0 Å². The molecule has 0 atom stereocenters. The van der Waals surface area contributed by atoms with Gasteiger partial charge in [0, 0.05) is 12.7 Å². The number of hydrogen-bond donors (Lipinski definition) is 1. The van der Waals surface area contributed by atoms with Gasteiger partial charge in [0.05, 0.1) is 28.5 Å². The second-order valence-electron chi connectivity index (χ2n) is 4.29. The van der Waals surface area contributed by atoms with Crippen LogP contribution in [-0.2, 0) is 24.4 Å². The smallest absolute Gasteiger partial charge is 0.242 e. The lowest BCUT2D eigenvalue weighted by atomic mass is 10.4. The third-order valence-electron chi connectivity index (χ3n) is 2.90. The number of aryl methyl sites for hydroxylation is 1. The van der Waals surface area contributed by atoms with Crippen LogP contribution in [0.25, 0.3) is 0 Å². The molecule has 0 aliphatic heterocycles. The largest absolute Gasteiger partial charge is 0.349 e. The molecule has 2 aromatic heterocycles. The third kappa shape index (κ3) is 3.32. The first kappa shape index (κ1) is 14.9. The molecule has 0 bridgehead atoms. The Morgan fingerprint density at radius 3 is 2.70 bits per heavy atom. The molecule has 0 fully saturated rings. The molecule has 0 aliphatic rings. The number of amides is 1. The molecule has 0 saturated heterocycles. The average molecular weight is 316 g/mol. The number of rotatable bonds is 5. The Hall–Kier alpha value is -1.53. The summed E-state index contributed by atoms with van der Waals surface area (Å²) >= 11 is 11.9. The standard InChI is InChI=1S/C12H15Cl2N5O/c1-3-18-6-10(14)11(17-18)5-15-12(20)7-19-8(2)9(13)4-16-19/h4,6H,3,5,7H2,1-2H3,(H,15,20). The van der Waals surface area contributed by atoms with E-state index in [4.69, 9.17) is 23.2 Å². The molecule has 0 radical (unpaired) electrons. The zero-order chi connectivity index (χ0) is 14.7. The van der Waals surface area contributed by atoms with Crippen molar-refractivity contribution >= 4 is 29.1 Å². The summed E-state index contributed by atoms with van der Waals surface area (Å²) in [5.41, 5.74) is 1.41. The number of carbonyl (C=O) groups excluding carboxylic acids is 1. The summed E-state index contributed by atoms with van der Waals surface area (Å²) in [6, 6.07) is 0. The Bertz CT molecular complexity index is 619. The van der Waals surface area contributed by atoms with Crippen LogP contribution in [0.15, 0.2) is 12.4 Å². The van der Waals surface area contributed by atoms with Crippen LogP contribution in [0, 0.1) is 6.92 Å². The fourth-order valence-corrected chi connectivity index (χ4v) is 2.03. The maximum Gasteiger partial charge on any atom is 0.242 e. The molecule has 2 aromatic rings. The Morgan fingerprint density at radius 1 is 1.40 bits per heavy atom.